The fourth-order valence-corrected chi connectivity index (χ4v) is 14.6. The highest BCUT2D eigenvalue weighted by Gasteiger charge is 2.56. The van der Waals surface area contributed by atoms with Gasteiger partial charge in [0, 0.05) is 76.7 Å². The molecule has 6 aromatic carbocycles. The number of aromatic nitrogens is 2. The van der Waals surface area contributed by atoms with Crippen molar-refractivity contribution in [2.45, 2.75) is 41.0 Å². The second-order valence-electron chi connectivity index (χ2n) is 22.4. The Kier molecular flexibility index (Phi) is 24.1. The molecule has 4 unspecified atom stereocenters. The van der Waals surface area contributed by atoms with Crippen molar-refractivity contribution in [3.63, 3.8) is 0 Å². The van der Waals surface area contributed by atoms with Crippen LogP contribution in [0, 0.1) is 0 Å². The third-order valence-electron chi connectivity index (χ3n) is 15.7. The smallest absolute Gasteiger partial charge is 0.352 e. The molecule has 0 spiro atoms. The molecular weight excluding hydrogens is 1390 g/mol. The van der Waals surface area contributed by atoms with E-state index in [4.69, 9.17) is 25.7 Å². The molecule has 2 saturated heterocycles. The third kappa shape index (κ3) is 16.7. The van der Waals surface area contributed by atoms with Crippen LogP contribution in [-0.4, -0.2) is 155 Å². The Morgan fingerprint density at radius 1 is 0.564 bits per heavy atom. The van der Waals surface area contributed by atoms with Crippen molar-refractivity contribution in [1.29, 1.82) is 0 Å². The van der Waals surface area contributed by atoms with Gasteiger partial charge < -0.3 is 46.9 Å². The zero-order chi connectivity index (χ0) is 72.8. The second-order valence-corrected chi connectivity index (χ2v) is 27.9. The maximum Gasteiger partial charge on any atom is 0.352 e. The largest absolute Gasteiger partial charge is 0.477 e. The number of carbonyl (C=O) groups is 7. The minimum absolute atomic E-state index is 0.0926. The lowest BCUT2D eigenvalue weighted by molar-refractivity contribution is -0.150. The number of anilines is 2. The van der Waals surface area contributed by atoms with Crippen LogP contribution >= 0.6 is 46.2 Å². The molecular formula is C71H67N11O14S5. The Labute approximate surface area is 597 Å². The lowest BCUT2D eigenvalue weighted by atomic mass is 9.80. The van der Waals surface area contributed by atoms with Gasteiger partial charge in [0.1, 0.15) is 45.6 Å². The van der Waals surface area contributed by atoms with E-state index >= 15 is 0 Å². The summed E-state index contributed by atoms with van der Waals surface area (Å²) in [6.07, 6.45) is 3.57. The van der Waals surface area contributed by atoms with E-state index in [0.717, 1.165) is 56.1 Å². The SMILES string of the molecule is C=CC1=C(C(=O)O)N2C(=O)C(NC(=O)/C(=N/OC(c3ccccc3)(c3ccccc3)c3ccccc3)c3csc(N)n3)C2SC1.C=CC1=C(C(=O)O)N2C(=O)C(NC(=O)/C(=N/OC(c3ccccc3)(c3ccccc3)c3ccccc3)c3csc(N)n3)C2SC1.CC(=O)N(C)C.CS(=O)(=O)O. The van der Waals surface area contributed by atoms with E-state index in [1.165, 1.54) is 57.3 Å². The van der Waals surface area contributed by atoms with Crippen molar-refractivity contribution in [3.8, 4) is 0 Å². The monoisotopic (exact) mass is 1460 g/mol. The van der Waals surface area contributed by atoms with Crippen molar-refractivity contribution in [3.05, 3.63) is 285 Å². The number of nitrogens with zero attached hydrogens (tertiary/aromatic N) is 7. The van der Waals surface area contributed by atoms with Crippen LogP contribution < -0.4 is 22.1 Å². The first kappa shape index (κ1) is 74.2. The van der Waals surface area contributed by atoms with E-state index in [2.05, 4.69) is 44.1 Å². The van der Waals surface area contributed by atoms with Crippen molar-refractivity contribution < 1.29 is 66.4 Å². The molecule has 25 nitrogen and oxygen atoms in total. The highest BCUT2D eigenvalue weighted by molar-refractivity contribution is 8.00. The molecule has 2 aromatic heterocycles. The van der Waals surface area contributed by atoms with Gasteiger partial charge in [-0.2, -0.15) is 8.42 Å². The number of hydrogen-bond acceptors (Lipinski definition) is 21. The van der Waals surface area contributed by atoms with Crippen LogP contribution in [0.15, 0.2) is 251 Å². The molecule has 9 N–H and O–H groups in total. The number of amides is 5. The number of allylic oxidation sites excluding steroid dienone is 2. The number of carboxylic acids is 2. The number of β-lactam (4-membered cyclic amide) rings is 2. The molecule has 4 aliphatic heterocycles. The standard InChI is InChI=1S/2C33H27N5O5S2.C4H9NO.CH4O3S/c2*1-2-20-18-44-30-26(29(40)38(30)27(20)31(41)42)36-28(39)25(24-19-45-32(34)35-24)37-43-33(21-12-6-3-7-13-21,22-14-8-4-9-15-22)23-16-10-5-11-17-23;1-4(6)5(2)3;1-5(2,3)4/h2*2-17,19,26,30H,1,18H2,(H2,34,35)(H,36,39)(H,41,42);1-3H3;1H3,(H,2,3,4)/b2*37-25+;;. The molecule has 101 heavy (non-hydrogen) atoms. The minimum atomic E-state index is -3.67. The zero-order valence-electron chi connectivity index (χ0n) is 54.4. The number of thiazole rings is 2. The summed E-state index contributed by atoms with van der Waals surface area (Å²) < 4.78 is 25.9. The van der Waals surface area contributed by atoms with Crippen LogP contribution in [0.1, 0.15) is 51.7 Å². The van der Waals surface area contributed by atoms with E-state index in [1.807, 2.05) is 182 Å². The molecule has 2 fully saturated rings. The van der Waals surface area contributed by atoms with Crippen molar-refractivity contribution >= 4 is 119 Å². The van der Waals surface area contributed by atoms with E-state index in [1.54, 1.807) is 24.9 Å². The summed E-state index contributed by atoms with van der Waals surface area (Å²) in [5.41, 5.74) is 14.5. The van der Waals surface area contributed by atoms with Crippen LogP contribution in [0.2, 0.25) is 0 Å². The fourth-order valence-electron chi connectivity index (χ4n) is 10.8. The quantitative estimate of drug-likeness (QED) is 0.0124. The summed E-state index contributed by atoms with van der Waals surface area (Å²) in [6, 6.07) is 55.2. The van der Waals surface area contributed by atoms with Gasteiger partial charge in [0.2, 0.25) is 17.1 Å². The Hall–Kier alpha value is -11.0. The number of hydrogen-bond donors (Lipinski definition) is 7. The van der Waals surface area contributed by atoms with Gasteiger partial charge in [0.25, 0.3) is 33.7 Å². The number of oxime groups is 2. The number of fused-ring (bicyclic) bond motifs is 2. The summed E-state index contributed by atoms with van der Waals surface area (Å²) in [4.78, 5) is 114. The van der Waals surface area contributed by atoms with Gasteiger partial charge in [-0.05, 0) is 11.1 Å². The number of carbonyl (C=O) groups excluding carboxylic acids is 5. The number of nitrogen functional groups attached to an aromatic ring is 2. The highest BCUT2D eigenvalue weighted by atomic mass is 32.2. The van der Waals surface area contributed by atoms with Gasteiger partial charge in [0.05, 0.1) is 6.26 Å². The molecule has 0 radical (unpaired) electrons. The lowest BCUT2D eigenvalue weighted by Gasteiger charge is -2.49. The van der Waals surface area contributed by atoms with Gasteiger partial charge >= 0.3 is 11.9 Å². The van der Waals surface area contributed by atoms with E-state index in [9.17, 15) is 52.2 Å². The summed E-state index contributed by atoms with van der Waals surface area (Å²) in [7, 11) is -0.218. The van der Waals surface area contributed by atoms with Crippen molar-refractivity contribution in [2.75, 3.05) is 43.3 Å². The number of rotatable bonds is 20. The first-order chi connectivity index (χ1) is 48.3. The van der Waals surface area contributed by atoms with Gasteiger partial charge in [0.15, 0.2) is 21.7 Å². The molecule has 520 valence electrons. The zero-order valence-corrected chi connectivity index (χ0v) is 58.5. The van der Waals surface area contributed by atoms with Gasteiger partial charge in [-0.25, -0.2) is 19.6 Å². The predicted octanol–water partition coefficient (Wildman–Crippen LogP) is 8.32. The molecule has 4 atom stereocenters. The van der Waals surface area contributed by atoms with Crippen molar-refractivity contribution in [1.82, 2.24) is 35.3 Å². The summed E-state index contributed by atoms with van der Waals surface area (Å²) in [5.74, 6) is -4.28. The van der Waals surface area contributed by atoms with Crippen LogP contribution in [-0.2, 0) is 64.6 Å². The van der Waals surface area contributed by atoms with E-state index < -0.39 is 79.7 Å². The molecule has 0 saturated carbocycles. The molecule has 0 bridgehead atoms. The van der Waals surface area contributed by atoms with Crippen LogP contribution in [0.5, 0.6) is 0 Å². The number of aliphatic carboxylic acids is 2. The molecule has 8 aromatic rings. The van der Waals surface area contributed by atoms with Crippen LogP contribution in [0.3, 0.4) is 0 Å². The summed E-state index contributed by atoms with van der Waals surface area (Å²) in [5, 5.41) is 36.3. The van der Waals surface area contributed by atoms with Crippen LogP contribution in [0.25, 0.3) is 0 Å². The van der Waals surface area contributed by atoms with Gasteiger partial charge in [-0.15, -0.1) is 46.2 Å². The summed E-state index contributed by atoms with van der Waals surface area (Å²) >= 11 is 4.92. The summed E-state index contributed by atoms with van der Waals surface area (Å²) in [6.45, 7) is 8.87. The molecule has 6 heterocycles. The first-order valence-electron chi connectivity index (χ1n) is 30.4. The fraction of sp³-hybridized carbons (Fsp3) is 0.169. The number of nitrogens with two attached hydrogens (primary N) is 2. The Bertz CT molecular complexity index is 4170. The average Bonchev–Trinajstić information content (AvgIpc) is 1.06. The molecule has 0 aliphatic carbocycles. The number of nitrogens with one attached hydrogen (secondary N) is 2. The normalized spacial score (nSPS) is 17.2. The van der Waals surface area contributed by atoms with Gasteiger partial charge in [-0.3, -0.25) is 38.3 Å². The molecule has 12 rings (SSSR count). The first-order valence-corrected chi connectivity index (χ1v) is 36.1. The second kappa shape index (κ2) is 32.8. The molecule has 4 aliphatic rings. The Balaban J connectivity index is 0.000000205. The maximum absolute atomic E-state index is 13.9. The highest BCUT2D eigenvalue weighted by Crippen LogP contribution is 2.45. The van der Waals surface area contributed by atoms with Gasteiger partial charge in [-0.1, -0.05) is 218 Å². The topological polar surface area (TPSA) is 369 Å². The maximum atomic E-state index is 13.9. The number of benzene rings is 6. The predicted molar refractivity (Wildman–Crippen MR) is 388 cm³/mol. The van der Waals surface area contributed by atoms with E-state index in [-0.39, 0.29) is 50.4 Å². The van der Waals surface area contributed by atoms with Crippen molar-refractivity contribution in [2.24, 2.45) is 10.3 Å². The molecule has 5 amide bonds. The van der Waals surface area contributed by atoms with Crippen LogP contribution in [0.4, 0.5) is 10.3 Å². The Morgan fingerprint density at radius 3 is 1.03 bits per heavy atom. The molecule has 30 heteroatoms. The minimum Gasteiger partial charge on any atom is -0.477 e. The lowest BCUT2D eigenvalue weighted by Crippen LogP contribution is -2.71. The third-order valence-corrected chi connectivity index (χ3v) is 19.6. The number of thioether (sulfide) groups is 2. The van der Waals surface area contributed by atoms with E-state index in [0.29, 0.717) is 28.9 Å². The average molecular weight is 1460 g/mol. The number of carboxylic acid groups (broad SMARTS) is 2. The Morgan fingerprint density at radius 2 is 0.822 bits per heavy atom.